The average Bonchev–Trinajstić information content (AvgIpc) is 3.05. The van der Waals surface area contributed by atoms with E-state index in [4.69, 9.17) is 0 Å². The van der Waals surface area contributed by atoms with Crippen LogP contribution in [0.5, 0.6) is 0 Å². The fraction of sp³-hybridized carbons (Fsp3) is 0.577. The van der Waals surface area contributed by atoms with Crippen LogP contribution in [-0.2, 0) is 23.6 Å². The molecule has 4 rings (SSSR count). The third kappa shape index (κ3) is 5.18. The Hall–Kier alpha value is -2.32. The molecule has 34 heavy (non-hydrogen) atoms. The highest BCUT2D eigenvalue weighted by Crippen LogP contribution is 2.30. The summed E-state index contributed by atoms with van der Waals surface area (Å²) in [5.41, 5.74) is 3.22. The SMILES string of the molecule is Cc1c(C(=O)N2CCC(C)CC2)c(S(=O)(=O)Nc2ccc(CN3CCCCC3)cc2)c(C)n1C. The summed E-state index contributed by atoms with van der Waals surface area (Å²) in [5.74, 6) is 0.399. The first-order chi connectivity index (χ1) is 16.2. The van der Waals surface area contributed by atoms with Crippen molar-refractivity contribution < 1.29 is 13.2 Å². The summed E-state index contributed by atoms with van der Waals surface area (Å²) in [6.45, 7) is 10.2. The summed E-state index contributed by atoms with van der Waals surface area (Å²) >= 11 is 0. The van der Waals surface area contributed by atoms with Crippen molar-refractivity contribution in [2.45, 2.75) is 64.3 Å². The second-order valence-corrected chi connectivity index (χ2v) is 11.7. The van der Waals surface area contributed by atoms with Gasteiger partial charge in [-0.25, -0.2) is 8.42 Å². The molecule has 3 heterocycles. The van der Waals surface area contributed by atoms with Crippen molar-refractivity contribution in [2.24, 2.45) is 13.0 Å². The first kappa shape index (κ1) is 24.8. The number of hydrogen-bond donors (Lipinski definition) is 1. The van der Waals surface area contributed by atoms with Gasteiger partial charge < -0.3 is 9.47 Å². The number of hydrogen-bond acceptors (Lipinski definition) is 4. The molecule has 1 N–H and O–H groups in total. The van der Waals surface area contributed by atoms with Crippen LogP contribution in [0.15, 0.2) is 29.2 Å². The van der Waals surface area contributed by atoms with Crippen molar-refractivity contribution in [3.8, 4) is 0 Å². The first-order valence-electron chi connectivity index (χ1n) is 12.5. The van der Waals surface area contributed by atoms with Gasteiger partial charge in [0.05, 0.1) is 5.56 Å². The number of carbonyl (C=O) groups excluding carboxylic acids is 1. The number of nitrogens with zero attached hydrogens (tertiary/aromatic N) is 3. The van der Waals surface area contributed by atoms with E-state index in [9.17, 15) is 13.2 Å². The van der Waals surface area contributed by atoms with E-state index in [1.807, 2.05) is 38.2 Å². The van der Waals surface area contributed by atoms with E-state index in [1.54, 1.807) is 16.4 Å². The standard InChI is InChI=1S/C26H38N4O3S/c1-19-12-16-30(17-13-19)26(31)24-20(2)28(4)21(3)25(24)34(32,33)27-23-10-8-22(9-11-23)18-29-14-6-5-7-15-29/h8-11,19,27H,5-7,12-18H2,1-4H3. The van der Waals surface area contributed by atoms with Crippen LogP contribution in [0, 0.1) is 19.8 Å². The Kier molecular flexibility index (Phi) is 7.38. The highest BCUT2D eigenvalue weighted by atomic mass is 32.2. The number of likely N-dealkylation sites (tertiary alicyclic amines) is 2. The predicted octanol–water partition coefficient (Wildman–Crippen LogP) is 4.30. The van der Waals surface area contributed by atoms with Gasteiger partial charge in [-0.15, -0.1) is 0 Å². The molecule has 2 aliphatic rings. The summed E-state index contributed by atoms with van der Waals surface area (Å²) in [5, 5.41) is 0. The van der Waals surface area contributed by atoms with Gasteiger partial charge >= 0.3 is 0 Å². The molecule has 0 aliphatic carbocycles. The predicted molar refractivity (Wildman–Crippen MR) is 136 cm³/mol. The summed E-state index contributed by atoms with van der Waals surface area (Å²) < 4.78 is 31.6. The average molecular weight is 487 g/mol. The van der Waals surface area contributed by atoms with E-state index in [0.717, 1.165) is 32.5 Å². The van der Waals surface area contributed by atoms with Gasteiger partial charge in [0.25, 0.3) is 15.9 Å². The van der Waals surface area contributed by atoms with E-state index in [-0.39, 0.29) is 10.8 Å². The van der Waals surface area contributed by atoms with Gasteiger partial charge in [0.2, 0.25) is 0 Å². The number of piperidine rings is 2. The number of anilines is 1. The van der Waals surface area contributed by atoms with E-state index in [1.165, 1.54) is 24.8 Å². The largest absolute Gasteiger partial charge is 0.350 e. The molecule has 2 aliphatic heterocycles. The van der Waals surface area contributed by atoms with Crippen LogP contribution in [-0.4, -0.2) is 54.9 Å². The highest BCUT2D eigenvalue weighted by molar-refractivity contribution is 7.92. The van der Waals surface area contributed by atoms with Gasteiger partial charge in [0, 0.05) is 43.8 Å². The van der Waals surface area contributed by atoms with E-state index >= 15 is 0 Å². The monoisotopic (exact) mass is 486 g/mol. The molecule has 2 aromatic rings. The Labute approximate surface area is 204 Å². The quantitative estimate of drug-likeness (QED) is 0.661. The van der Waals surface area contributed by atoms with Gasteiger partial charge in [0.1, 0.15) is 4.90 Å². The molecule has 0 saturated carbocycles. The van der Waals surface area contributed by atoms with Crippen LogP contribution in [0.1, 0.15) is 66.3 Å². The highest BCUT2D eigenvalue weighted by Gasteiger charge is 2.34. The summed E-state index contributed by atoms with van der Waals surface area (Å²) in [6.07, 6.45) is 5.68. The van der Waals surface area contributed by atoms with Gasteiger partial charge in [-0.05, 0) is 76.2 Å². The Morgan fingerprint density at radius 1 is 0.971 bits per heavy atom. The van der Waals surface area contributed by atoms with Crippen LogP contribution in [0.25, 0.3) is 0 Å². The van der Waals surface area contributed by atoms with Crippen LogP contribution in [0.3, 0.4) is 0 Å². The molecule has 0 bridgehead atoms. The van der Waals surface area contributed by atoms with Crippen LogP contribution < -0.4 is 4.72 Å². The lowest BCUT2D eigenvalue weighted by Crippen LogP contribution is -2.38. The van der Waals surface area contributed by atoms with Gasteiger partial charge in [-0.1, -0.05) is 25.5 Å². The van der Waals surface area contributed by atoms with Crippen molar-refractivity contribution >= 4 is 21.6 Å². The number of sulfonamides is 1. The normalized spacial score (nSPS) is 18.3. The molecule has 8 heteroatoms. The second kappa shape index (κ2) is 10.1. The number of amides is 1. The maximum absolute atomic E-state index is 13.5. The molecule has 2 fully saturated rings. The molecule has 7 nitrogen and oxygen atoms in total. The summed E-state index contributed by atoms with van der Waals surface area (Å²) in [4.78, 5) is 17.8. The maximum atomic E-state index is 13.5. The zero-order chi connectivity index (χ0) is 24.5. The number of nitrogens with one attached hydrogen (secondary N) is 1. The minimum Gasteiger partial charge on any atom is -0.350 e. The van der Waals surface area contributed by atoms with Crippen molar-refractivity contribution in [3.63, 3.8) is 0 Å². The lowest BCUT2D eigenvalue weighted by atomic mass is 9.98. The first-order valence-corrected chi connectivity index (χ1v) is 13.9. The molecule has 0 spiro atoms. The molecular formula is C26H38N4O3S. The Morgan fingerprint density at radius 2 is 1.59 bits per heavy atom. The third-order valence-electron chi connectivity index (χ3n) is 7.54. The summed E-state index contributed by atoms with van der Waals surface area (Å²) in [7, 11) is -2.13. The van der Waals surface area contributed by atoms with E-state index < -0.39 is 10.0 Å². The number of benzene rings is 1. The van der Waals surface area contributed by atoms with Crippen molar-refractivity contribution in [3.05, 3.63) is 46.8 Å². The summed E-state index contributed by atoms with van der Waals surface area (Å²) in [6, 6.07) is 7.60. The van der Waals surface area contributed by atoms with E-state index in [2.05, 4.69) is 16.5 Å². The molecule has 0 unspecified atom stereocenters. The van der Waals surface area contributed by atoms with Crippen LogP contribution in [0.4, 0.5) is 5.69 Å². The van der Waals surface area contributed by atoms with Gasteiger partial charge in [0.15, 0.2) is 0 Å². The van der Waals surface area contributed by atoms with E-state index in [0.29, 0.717) is 41.6 Å². The lowest BCUT2D eigenvalue weighted by molar-refractivity contribution is 0.0692. The molecule has 0 radical (unpaired) electrons. The smallest absolute Gasteiger partial charge is 0.264 e. The topological polar surface area (TPSA) is 74.7 Å². The van der Waals surface area contributed by atoms with Crippen molar-refractivity contribution in [1.82, 2.24) is 14.4 Å². The third-order valence-corrected chi connectivity index (χ3v) is 9.08. The Balaban J connectivity index is 1.56. The molecule has 1 aromatic heterocycles. The fourth-order valence-corrected chi connectivity index (χ4v) is 6.71. The second-order valence-electron chi connectivity index (χ2n) is 10.0. The fourth-order valence-electron chi connectivity index (χ4n) is 5.13. The van der Waals surface area contributed by atoms with Crippen molar-refractivity contribution in [1.29, 1.82) is 0 Å². The van der Waals surface area contributed by atoms with Gasteiger partial charge in [-0.3, -0.25) is 14.4 Å². The van der Waals surface area contributed by atoms with Crippen LogP contribution in [0.2, 0.25) is 0 Å². The minimum absolute atomic E-state index is 0.0912. The van der Waals surface area contributed by atoms with Crippen LogP contribution >= 0.6 is 0 Å². The molecular weight excluding hydrogens is 448 g/mol. The maximum Gasteiger partial charge on any atom is 0.264 e. The number of aromatic nitrogens is 1. The molecule has 1 amide bonds. The lowest BCUT2D eigenvalue weighted by Gasteiger charge is -2.30. The number of rotatable bonds is 6. The molecule has 0 atom stereocenters. The molecule has 186 valence electrons. The Morgan fingerprint density at radius 3 is 2.21 bits per heavy atom. The number of carbonyl (C=O) groups is 1. The zero-order valence-corrected chi connectivity index (χ0v) is 21.7. The minimum atomic E-state index is -3.94. The molecule has 1 aromatic carbocycles. The van der Waals surface area contributed by atoms with Crippen molar-refractivity contribution in [2.75, 3.05) is 30.9 Å². The molecule has 2 saturated heterocycles. The zero-order valence-electron chi connectivity index (χ0n) is 20.9. The Bertz CT molecular complexity index is 1120. The van der Waals surface area contributed by atoms with Gasteiger partial charge in [-0.2, -0.15) is 0 Å².